The van der Waals surface area contributed by atoms with Crippen molar-refractivity contribution >= 4 is 5.91 Å². The summed E-state index contributed by atoms with van der Waals surface area (Å²) in [5, 5.41) is 0. The van der Waals surface area contributed by atoms with Crippen molar-refractivity contribution in [1.29, 1.82) is 0 Å². The minimum Gasteiger partial charge on any atom is -0.378 e. The first-order chi connectivity index (χ1) is 7.86. The first-order valence-corrected chi connectivity index (χ1v) is 6.73. The zero-order valence-electron chi connectivity index (χ0n) is 9.86. The Morgan fingerprint density at radius 2 is 1.88 bits per heavy atom. The summed E-state index contributed by atoms with van der Waals surface area (Å²) in [5.74, 6) is 2.37. The van der Waals surface area contributed by atoms with E-state index in [0.717, 1.165) is 44.6 Å². The van der Waals surface area contributed by atoms with Gasteiger partial charge in [-0.3, -0.25) is 4.79 Å². The van der Waals surface area contributed by atoms with Crippen LogP contribution in [-0.4, -0.2) is 37.1 Å². The zero-order valence-corrected chi connectivity index (χ0v) is 9.86. The molecule has 1 amide bonds. The van der Waals surface area contributed by atoms with Crippen molar-refractivity contribution in [3.8, 4) is 0 Å². The second kappa shape index (κ2) is 4.36. The third-order valence-corrected chi connectivity index (χ3v) is 4.72. The van der Waals surface area contributed by atoms with Gasteiger partial charge in [0.25, 0.3) is 0 Å². The summed E-state index contributed by atoms with van der Waals surface area (Å²) < 4.78 is 5.31. The highest BCUT2D eigenvalue weighted by Crippen LogP contribution is 2.48. The van der Waals surface area contributed by atoms with Gasteiger partial charge in [-0.2, -0.15) is 0 Å². The maximum absolute atomic E-state index is 12.4. The maximum Gasteiger partial charge on any atom is 0.226 e. The number of amides is 1. The third-order valence-electron chi connectivity index (χ3n) is 4.72. The standard InChI is InChI=1S/C13H21NO2/c15-13(14-6-8-16-9-7-14)12-5-4-10-2-1-3-11(10)12/h10-12H,1-9H2/t10-,11-,12-/m0/s1. The summed E-state index contributed by atoms with van der Waals surface area (Å²) in [6, 6.07) is 0. The molecule has 0 aromatic carbocycles. The molecule has 2 saturated carbocycles. The quantitative estimate of drug-likeness (QED) is 0.677. The van der Waals surface area contributed by atoms with Crippen molar-refractivity contribution in [1.82, 2.24) is 4.90 Å². The zero-order chi connectivity index (χ0) is 11.0. The van der Waals surface area contributed by atoms with Gasteiger partial charge < -0.3 is 9.64 Å². The highest BCUT2D eigenvalue weighted by Gasteiger charge is 2.43. The van der Waals surface area contributed by atoms with Crippen molar-refractivity contribution in [3.63, 3.8) is 0 Å². The van der Waals surface area contributed by atoms with E-state index in [9.17, 15) is 4.79 Å². The molecule has 3 heteroatoms. The summed E-state index contributed by atoms with van der Waals surface area (Å²) in [4.78, 5) is 14.4. The van der Waals surface area contributed by atoms with E-state index < -0.39 is 0 Å². The number of nitrogens with zero attached hydrogens (tertiary/aromatic N) is 1. The number of morpholine rings is 1. The molecule has 0 N–H and O–H groups in total. The smallest absolute Gasteiger partial charge is 0.226 e. The molecule has 0 aromatic heterocycles. The van der Waals surface area contributed by atoms with E-state index in [1.165, 1.54) is 25.7 Å². The summed E-state index contributed by atoms with van der Waals surface area (Å²) in [6.07, 6.45) is 6.46. The lowest BCUT2D eigenvalue weighted by atomic mass is 9.91. The van der Waals surface area contributed by atoms with Crippen LogP contribution in [-0.2, 0) is 9.53 Å². The third kappa shape index (κ3) is 1.75. The van der Waals surface area contributed by atoms with E-state index in [1.807, 2.05) is 4.90 Å². The molecule has 0 radical (unpaired) electrons. The molecular formula is C13H21NO2. The number of fused-ring (bicyclic) bond motifs is 1. The Hall–Kier alpha value is -0.570. The highest BCUT2D eigenvalue weighted by atomic mass is 16.5. The van der Waals surface area contributed by atoms with Gasteiger partial charge in [-0.25, -0.2) is 0 Å². The van der Waals surface area contributed by atoms with E-state index in [1.54, 1.807) is 0 Å². The Balaban J connectivity index is 1.65. The molecule has 0 aromatic rings. The first kappa shape index (κ1) is 10.6. The van der Waals surface area contributed by atoms with Gasteiger partial charge in [0.15, 0.2) is 0 Å². The Labute approximate surface area is 97.1 Å². The average Bonchev–Trinajstić information content (AvgIpc) is 2.91. The van der Waals surface area contributed by atoms with Gasteiger partial charge in [-0.1, -0.05) is 12.8 Å². The maximum atomic E-state index is 12.4. The van der Waals surface area contributed by atoms with E-state index >= 15 is 0 Å². The first-order valence-electron chi connectivity index (χ1n) is 6.73. The van der Waals surface area contributed by atoms with Crippen molar-refractivity contribution in [2.24, 2.45) is 17.8 Å². The van der Waals surface area contributed by atoms with Crippen LogP contribution in [0.25, 0.3) is 0 Å². The predicted octanol–water partition coefficient (Wildman–Crippen LogP) is 1.67. The summed E-state index contributed by atoms with van der Waals surface area (Å²) in [6.45, 7) is 3.08. The minimum atomic E-state index is 0.352. The van der Waals surface area contributed by atoms with Crippen LogP contribution in [0.5, 0.6) is 0 Å². The molecule has 0 bridgehead atoms. The highest BCUT2D eigenvalue weighted by molar-refractivity contribution is 5.79. The van der Waals surface area contributed by atoms with E-state index in [0.29, 0.717) is 11.8 Å². The van der Waals surface area contributed by atoms with Gasteiger partial charge in [-0.05, 0) is 31.1 Å². The van der Waals surface area contributed by atoms with Crippen LogP contribution in [0, 0.1) is 17.8 Å². The van der Waals surface area contributed by atoms with Gasteiger partial charge in [0, 0.05) is 19.0 Å². The van der Waals surface area contributed by atoms with Crippen LogP contribution in [0.4, 0.5) is 0 Å². The molecule has 90 valence electrons. The Morgan fingerprint density at radius 3 is 2.69 bits per heavy atom. The van der Waals surface area contributed by atoms with E-state index in [2.05, 4.69) is 0 Å². The van der Waals surface area contributed by atoms with Crippen molar-refractivity contribution in [3.05, 3.63) is 0 Å². The SMILES string of the molecule is O=C([C@H]1CC[C@@H]2CCC[C@@H]21)N1CCOCC1. The Morgan fingerprint density at radius 1 is 1.06 bits per heavy atom. The summed E-state index contributed by atoms with van der Waals surface area (Å²) in [5.41, 5.74) is 0. The molecule has 3 nitrogen and oxygen atoms in total. The average molecular weight is 223 g/mol. The number of carbonyl (C=O) groups excluding carboxylic acids is 1. The number of hydrogen-bond donors (Lipinski definition) is 0. The fraction of sp³-hybridized carbons (Fsp3) is 0.923. The van der Waals surface area contributed by atoms with Gasteiger partial charge in [0.05, 0.1) is 13.2 Å². The Kier molecular flexibility index (Phi) is 2.88. The molecule has 2 aliphatic carbocycles. The summed E-state index contributed by atoms with van der Waals surface area (Å²) >= 11 is 0. The Bertz CT molecular complexity index is 273. The van der Waals surface area contributed by atoms with Crippen LogP contribution in [0.3, 0.4) is 0 Å². The van der Waals surface area contributed by atoms with Gasteiger partial charge in [-0.15, -0.1) is 0 Å². The molecule has 0 spiro atoms. The molecule has 3 aliphatic rings. The fourth-order valence-corrected chi connectivity index (χ4v) is 3.89. The molecule has 1 aliphatic heterocycles. The van der Waals surface area contributed by atoms with E-state index in [-0.39, 0.29) is 0 Å². The van der Waals surface area contributed by atoms with Crippen molar-refractivity contribution < 1.29 is 9.53 Å². The van der Waals surface area contributed by atoms with Crippen LogP contribution in [0.1, 0.15) is 32.1 Å². The topological polar surface area (TPSA) is 29.5 Å². The fourth-order valence-electron chi connectivity index (χ4n) is 3.89. The largest absolute Gasteiger partial charge is 0.378 e. The normalized spacial score (nSPS) is 38.8. The number of hydrogen-bond acceptors (Lipinski definition) is 2. The lowest BCUT2D eigenvalue weighted by Crippen LogP contribution is -2.44. The summed E-state index contributed by atoms with van der Waals surface area (Å²) in [7, 11) is 0. The number of rotatable bonds is 1. The number of carbonyl (C=O) groups is 1. The molecule has 16 heavy (non-hydrogen) atoms. The molecule has 1 saturated heterocycles. The predicted molar refractivity (Wildman–Crippen MR) is 61.0 cm³/mol. The van der Waals surface area contributed by atoms with Crippen molar-refractivity contribution in [2.45, 2.75) is 32.1 Å². The van der Waals surface area contributed by atoms with Crippen LogP contribution in [0.2, 0.25) is 0 Å². The van der Waals surface area contributed by atoms with Crippen LogP contribution < -0.4 is 0 Å². The molecule has 0 unspecified atom stereocenters. The van der Waals surface area contributed by atoms with Gasteiger partial charge in [0.1, 0.15) is 0 Å². The number of ether oxygens (including phenoxy) is 1. The second-order valence-corrected chi connectivity index (χ2v) is 5.48. The molecule has 3 atom stereocenters. The van der Waals surface area contributed by atoms with Gasteiger partial charge in [0.2, 0.25) is 5.91 Å². The second-order valence-electron chi connectivity index (χ2n) is 5.48. The van der Waals surface area contributed by atoms with Crippen LogP contribution >= 0.6 is 0 Å². The molecule has 3 rings (SSSR count). The molecular weight excluding hydrogens is 202 g/mol. The molecule has 1 heterocycles. The monoisotopic (exact) mass is 223 g/mol. The lowest BCUT2D eigenvalue weighted by molar-refractivity contribution is -0.140. The van der Waals surface area contributed by atoms with Gasteiger partial charge >= 0.3 is 0 Å². The molecule has 3 fully saturated rings. The lowest BCUT2D eigenvalue weighted by Gasteiger charge is -2.31. The minimum absolute atomic E-state index is 0.352. The van der Waals surface area contributed by atoms with Crippen LogP contribution in [0.15, 0.2) is 0 Å². The van der Waals surface area contributed by atoms with E-state index in [4.69, 9.17) is 4.74 Å². The van der Waals surface area contributed by atoms with Crippen molar-refractivity contribution in [2.75, 3.05) is 26.3 Å².